The van der Waals surface area contributed by atoms with E-state index in [-0.39, 0.29) is 51.5 Å². The van der Waals surface area contributed by atoms with Crippen molar-refractivity contribution in [2.24, 2.45) is 0 Å². The van der Waals surface area contributed by atoms with Gasteiger partial charge in [0.15, 0.2) is 16.3 Å². The molecule has 0 fully saturated rings. The van der Waals surface area contributed by atoms with E-state index in [4.69, 9.17) is 48.7 Å². The monoisotopic (exact) mass is 318 g/mol. The molecule has 0 atom stereocenters. The molecular formula is C7H5Cl2N4NaO5. The van der Waals surface area contributed by atoms with Gasteiger partial charge in [0.25, 0.3) is 0 Å². The minimum absolute atomic E-state index is 0. The number of nitrogens with one attached hydrogen (secondary N) is 1. The number of aromatic nitrogens is 2. The number of carboxylic acids is 2. The third-order valence-corrected chi connectivity index (χ3v) is 1.76. The molecule has 12 heteroatoms. The van der Waals surface area contributed by atoms with Crippen LogP contribution in [0.15, 0.2) is 0 Å². The fourth-order valence-electron chi connectivity index (χ4n) is 0.601. The smallest absolute Gasteiger partial charge is 0.539 e. The standard InChI is InChI=1S/C5H4Cl2N4O.C2H2O4.Na/c6-3-2(9-1-12)4(7)11-5(8)10-3;3-1(4)2(5)6;/h1H,(H,9,12)(H2,8,10,11);(H,3,4)(H,5,6);/q;;+1/p-1. The number of nitrogens with two attached hydrogens (primary N) is 1. The van der Waals surface area contributed by atoms with Gasteiger partial charge in [0.1, 0.15) is 5.69 Å². The molecular weight excluding hydrogens is 314 g/mol. The summed E-state index contributed by atoms with van der Waals surface area (Å²) in [6, 6.07) is 0. The summed E-state index contributed by atoms with van der Waals surface area (Å²) in [6.07, 6.45) is 0.423. The molecule has 9 nitrogen and oxygen atoms in total. The molecule has 0 aliphatic heterocycles. The Morgan fingerprint density at radius 3 is 1.95 bits per heavy atom. The number of nitrogen functional groups attached to an aromatic ring is 1. The molecule has 0 spiro atoms. The largest absolute Gasteiger partial charge is 1.00 e. The van der Waals surface area contributed by atoms with E-state index in [2.05, 4.69) is 15.3 Å². The Balaban J connectivity index is 0. The van der Waals surface area contributed by atoms with Gasteiger partial charge in [0.2, 0.25) is 12.4 Å². The molecule has 1 heterocycles. The number of hydrogen-bond donors (Lipinski definition) is 3. The fourth-order valence-corrected chi connectivity index (χ4v) is 1.11. The van der Waals surface area contributed by atoms with E-state index in [0.717, 1.165) is 0 Å². The molecule has 0 saturated heterocycles. The first-order valence-corrected chi connectivity index (χ1v) is 4.68. The number of anilines is 2. The van der Waals surface area contributed by atoms with Gasteiger partial charge in [-0.05, 0) is 0 Å². The fraction of sp³-hybridized carbons (Fsp3) is 0. The van der Waals surface area contributed by atoms with Gasteiger partial charge in [-0.3, -0.25) is 4.79 Å². The Morgan fingerprint density at radius 2 is 1.68 bits per heavy atom. The number of aliphatic carboxylic acids is 2. The summed E-state index contributed by atoms with van der Waals surface area (Å²) in [5, 5.41) is 18.6. The van der Waals surface area contributed by atoms with Crippen LogP contribution in [0.5, 0.6) is 0 Å². The third-order valence-electron chi connectivity index (χ3n) is 1.22. The van der Waals surface area contributed by atoms with E-state index in [1.54, 1.807) is 0 Å². The van der Waals surface area contributed by atoms with Gasteiger partial charge in [-0.1, -0.05) is 23.2 Å². The zero-order valence-corrected chi connectivity index (χ0v) is 12.9. The molecule has 1 amide bonds. The molecule has 1 rings (SSSR count). The van der Waals surface area contributed by atoms with Gasteiger partial charge in [0.05, 0.1) is 0 Å². The molecule has 4 N–H and O–H groups in total. The zero-order valence-electron chi connectivity index (χ0n) is 9.39. The van der Waals surface area contributed by atoms with Crippen LogP contribution in [0.3, 0.4) is 0 Å². The molecule has 0 bridgehead atoms. The maximum atomic E-state index is 10.0. The van der Waals surface area contributed by atoms with Crippen LogP contribution in [0.25, 0.3) is 0 Å². The summed E-state index contributed by atoms with van der Waals surface area (Å²) in [5.41, 5.74) is 5.37. The number of hydrogen-bond acceptors (Lipinski definition) is 7. The first-order valence-electron chi connectivity index (χ1n) is 3.92. The third kappa shape index (κ3) is 7.80. The first-order chi connectivity index (χ1) is 8.29. The number of carbonyl (C=O) groups is 3. The zero-order chi connectivity index (χ0) is 14.3. The van der Waals surface area contributed by atoms with Crippen LogP contribution in [0.1, 0.15) is 0 Å². The Labute approximate surface area is 138 Å². The predicted molar refractivity (Wildman–Crippen MR) is 58.8 cm³/mol. The molecule has 0 saturated carbocycles. The summed E-state index contributed by atoms with van der Waals surface area (Å²) in [4.78, 5) is 35.2. The van der Waals surface area contributed by atoms with Gasteiger partial charge in [-0.25, -0.2) is 4.79 Å². The minimum atomic E-state index is -2.07. The van der Waals surface area contributed by atoms with Gasteiger partial charge >= 0.3 is 35.5 Å². The van der Waals surface area contributed by atoms with Crippen LogP contribution in [0.2, 0.25) is 10.3 Å². The minimum Gasteiger partial charge on any atom is -0.539 e. The SMILES string of the molecule is Nc1nc(Cl)c(NC=O)c(Cl)n1.O=C([O-])C(=O)O.[Na+]. The second kappa shape index (κ2) is 9.75. The van der Waals surface area contributed by atoms with Crippen LogP contribution >= 0.6 is 23.2 Å². The van der Waals surface area contributed by atoms with Crippen LogP contribution in [0, 0.1) is 0 Å². The van der Waals surface area contributed by atoms with Gasteiger partial charge in [0, 0.05) is 0 Å². The normalized spacial score (nSPS) is 8.32. The van der Waals surface area contributed by atoms with Crippen molar-refractivity contribution in [3.8, 4) is 0 Å². The molecule has 0 unspecified atom stereocenters. The van der Waals surface area contributed by atoms with Gasteiger partial charge in [-0.2, -0.15) is 9.97 Å². The summed E-state index contributed by atoms with van der Waals surface area (Å²) < 4.78 is 0. The van der Waals surface area contributed by atoms with E-state index in [9.17, 15) is 4.79 Å². The van der Waals surface area contributed by atoms with Crippen molar-refractivity contribution in [3.63, 3.8) is 0 Å². The Kier molecular flexibility index (Phi) is 10.4. The average molecular weight is 319 g/mol. The molecule has 0 aliphatic rings. The van der Waals surface area contributed by atoms with Gasteiger partial charge < -0.3 is 26.1 Å². The van der Waals surface area contributed by atoms with Crippen molar-refractivity contribution in [1.29, 1.82) is 0 Å². The second-order valence-corrected chi connectivity index (χ2v) is 3.11. The summed E-state index contributed by atoms with van der Waals surface area (Å²) in [6.45, 7) is 0. The van der Waals surface area contributed by atoms with Crippen LogP contribution < -0.4 is 45.7 Å². The molecule has 0 aromatic carbocycles. The number of halogens is 2. The van der Waals surface area contributed by atoms with Crippen LogP contribution in [-0.2, 0) is 14.4 Å². The number of amides is 1. The molecule has 98 valence electrons. The van der Waals surface area contributed by atoms with Crippen molar-refractivity contribution < 1.29 is 54.2 Å². The Bertz CT molecular complexity index is 452. The maximum absolute atomic E-state index is 10.0. The average Bonchev–Trinajstić information content (AvgIpc) is 2.24. The van der Waals surface area contributed by atoms with Crippen molar-refractivity contribution in [2.75, 3.05) is 11.1 Å². The molecule has 1 aromatic heterocycles. The van der Waals surface area contributed by atoms with E-state index < -0.39 is 11.9 Å². The van der Waals surface area contributed by atoms with Gasteiger partial charge in [-0.15, -0.1) is 0 Å². The number of carboxylic acid groups (broad SMARTS) is 2. The van der Waals surface area contributed by atoms with E-state index in [0.29, 0.717) is 6.41 Å². The van der Waals surface area contributed by atoms with E-state index in [1.807, 2.05) is 0 Å². The van der Waals surface area contributed by atoms with E-state index >= 15 is 0 Å². The van der Waals surface area contributed by atoms with E-state index in [1.165, 1.54) is 0 Å². The van der Waals surface area contributed by atoms with Crippen molar-refractivity contribution in [3.05, 3.63) is 10.3 Å². The van der Waals surface area contributed by atoms with Crippen molar-refractivity contribution in [1.82, 2.24) is 9.97 Å². The number of carbonyl (C=O) groups excluding carboxylic acids is 2. The molecule has 0 aliphatic carbocycles. The first kappa shape index (κ1) is 20.2. The Morgan fingerprint density at radius 1 is 1.32 bits per heavy atom. The van der Waals surface area contributed by atoms with Crippen LogP contribution in [-0.4, -0.2) is 33.4 Å². The summed E-state index contributed by atoms with van der Waals surface area (Å²) in [7, 11) is 0. The van der Waals surface area contributed by atoms with Crippen molar-refractivity contribution >= 4 is 53.2 Å². The maximum Gasteiger partial charge on any atom is 1.00 e. The number of nitrogens with zero attached hydrogens (tertiary/aromatic N) is 2. The molecule has 1 aromatic rings. The Hall–Kier alpha value is -1.13. The second-order valence-electron chi connectivity index (χ2n) is 2.39. The van der Waals surface area contributed by atoms with Crippen LogP contribution in [0.4, 0.5) is 11.6 Å². The summed E-state index contributed by atoms with van der Waals surface area (Å²) >= 11 is 11.2. The number of rotatable bonds is 2. The molecule has 19 heavy (non-hydrogen) atoms. The quantitative estimate of drug-likeness (QED) is 0.214. The topological polar surface area (TPSA) is 158 Å². The predicted octanol–water partition coefficient (Wildman–Crippen LogP) is -4.24. The molecule has 0 radical (unpaired) electrons. The summed E-state index contributed by atoms with van der Waals surface area (Å²) in [5.74, 6) is -4.05. The van der Waals surface area contributed by atoms with Crippen molar-refractivity contribution in [2.45, 2.75) is 0 Å².